The zero-order valence-electron chi connectivity index (χ0n) is 11.9. The average Bonchev–Trinajstić information content (AvgIpc) is 2.53. The molecule has 0 aliphatic carbocycles. The lowest BCUT2D eigenvalue weighted by Gasteiger charge is -2.30. The SMILES string of the molecule is Cc1cc(Br)ccc1N1CCCN(C)C(CCN)C1. The quantitative estimate of drug-likeness (QED) is 0.927. The van der Waals surface area contributed by atoms with Gasteiger partial charge in [0, 0.05) is 29.3 Å². The van der Waals surface area contributed by atoms with Crippen LogP contribution in [0.1, 0.15) is 18.4 Å². The molecule has 1 aliphatic rings. The standard InChI is InChI=1S/C15H24BrN3/c1-12-10-13(16)4-5-15(12)19-9-3-8-18(2)14(11-19)6-7-17/h4-5,10,14H,3,6-9,11,17H2,1-2H3. The van der Waals surface area contributed by atoms with Crippen molar-refractivity contribution in [2.45, 2.75) is 25.8 Å². The van der Waals surface area contributed by atoms with Crippen LogP contribution in [0.2, 0.25) is 0 Å². The lowest BCUT2D eigenvalue weighted by molar-refractivity contribution is 0.251. The summed E-state index contributed by atoms with van der Waals surface area (Å²) in [6.07, 6.45) is 2.29. The second kappa shape index (κ2) is 6.73. The summed E-state index contributed by atoms with van der Waals surface area (Å²) in [5.41, 5.74) is 8.46. The van der Waals surface area contributed by atoms with Crippen molar-refractivity contribution in [3.8, 4) is 0 Å². The second-order valence-corrected chi connectivity index (χ2v) is 6.36. The predicted molar refractivity (Wildman–Crippen MR) is 85.8 cm³/mol. The van der Waals surface area contributed by atoms with E-state index >= 15 is 0 Å². The van der Waals surface area contributed by atoms with Crippen LogP contribution in [0, 0.1) is 6.92 Å². The van der Waals surface area contributed by atoms with Gasteiger partial charge in [-0.2, -0.15) is 0 Å². The van der Waals surface area contributed by atoms with Crippen LogP contribution < -0.4 is 10.6 Å². The molecule has 0 bridgehead atoms. The Hall–Kier alpha value is -0.580. The third kappa shape index (κ3) is 3.71. The Morgan fingerprint density at radius 3 is 2.84 bits per heavy atom. The van der Waals surface area contributed by atoms with Crippen molar-refractivity contribution in [3.63, 3.8) is 0 Å². The van der Waals surface area contributed by atoms with Gasteiger partial charge >= 0.3 is 0 Å². The smallest absolute Gasteiger partial charge is 0.0397 e. The van der Waals surface area contributed by atoms with Gasteiger partial charge < -0.3 is 15.5 Å². The lowest BCUT2D eigenvalue weighted by Crippen LogP contribution is -2.40. The highest BCUT2D eigenvalue weighted by Gasteiger charge is 2.22. The van der Waals surface area contributed by atoms with Gasteiger partial charge in [-0.05, 0) is 63.7 Å². The highest BCUT2D eigenvalue weighted by Crippen LogP contribution is 2.26. The zero-order chi connectivity index (χ0) is 13.8. The maximum atomic E-state index is 5.76. The summed E-state index contributed by atoms with van der Waals surface area (Å²) >= 11 is 3.54. The van der Waals surface area contributed by atoms with Crippen LogP contribution in [-0.2, 0) is 0 Å². The molecular weight excluding hydrogens is 302 g/mol. The Balaban J connectivity index is 2.18. The molecule has 0 saturated carbocycles. The van der Waals surface area contributed by atoms with E-state index in [1.807, 2.05) is 0 Å². The number of hydrogen-bond acceptors (Lipinski definition) is 3. The number of hydrogen-bond donors (Lipinski definition) is 1. The highest BCUT2D eigenvalue weighted by atomic mass is 79.9. The normalized spacial score (nSPS) is 21.5. The average molecular weight is 326 g/mol. The number of halogens is 1. The molecule has 4 heteroatoms. The summed E-state index contributed by atoms with van der Waals surface area (Å²) < 4.78 is 1.15. The second-order valence-electron chi connectivity index (χ2n) is 5.44. The van der Waals surface area contributed by atoms with Crippen LogP contribution in [0.3, 0.4) is 0 Å². The molecule has 0 amide bonds. The highest BCUT2D eigenvalue weighted by molar-refractivity contribution is 9.10. The van der Waals surface area contributed by atoms with Gasteiger partial charge in [0.15, 0.2) is 0 Å². The van der Waals surface area contributed by atoms with Gasteiger partial charge in [0.05, 0.1) is 0 Å². The fourth-order valence-corrected chi connectivity index (χ4v) is 3.35. The number of nitrogens with two attached hydrogens (primary N) is 1. The Labute approximate surface area is 124 Å². The Bertz CT molecular complexity index is 422. The molecule has 1 heterocycles. The van der Waals surface area contributed by atoms with Crippen LogP contribution in [0.4, 0.5) is 5.69 Å². The zero-order valence-corrected chi connectivity index (χ0v) is 13.5. The monoisotopic (exact) mass is 325 g/mol. The minimum Gasteiger partial charge on any atom is -0.370 e. The maximum absolute atomic E-state index is 5.76. The molecule has 1 aromatic rings. The van der Waals surface area contributed by atoms with Gasteiger partial charge in [0.2, 0.25) is 0 Å². The van der Waals surface area contributed by atoms with E-state index in [-0.39, 0.29) is 0 Å². The third-order valence-electron chi connectivity index (χ3n) is 3.99. The Kier molecular flexibility index (Phi) is 5.25. The van der Waals surface area contributed by atoms with E-state index in [0.29, 0.717) is 6.04 Å². The van der Waals surface area contributed by atoms with Gasteiger partial charge in [0.25, 0.3) is 0 Å². The molecular formula is C15H24BrN3. The fraction of sp³-hybridized carbons (Fsp3) is 0.600. The number of aryl methyl sites for hydroxylation is 1. The van der Waals surface area contributed by atoms with Crippen LogP contribution in [0.25, 0.3) is 0 Å². The van der Waals surface area contributed by atoms with E-state index in [0.717, 1.165) is 37.1 Å². The topological polar surface area (TPSA) is 32.5 Å². The molecule has 1 fully saturated rings. The maximum Gasteiger partial charge on any atom is 0.0397 e. The Morgan fingerprint density at radius 1 is 1.37 bits per heavy atom. The molecule has 2 N–H and O–H groups in total. The summed E-state index contributed by atoms with van der Waals surface area (Å²) in [5, 5.41) is 0. The molecule has 3 nitrogen and oxygen atoms in total. The number of likely N-dealkylation sites (N-methyl/N-ethyl adjacent to an activating group) is 1. The number of anilines is 1. The summed E-state index contributed by atoms with van der Waals surface area (Å²) in [7, 11) is 2.22. The van der Waals surface area contributed by atoms with Gasteiger partial charge in [-0.25, -0.2) is 0 Å². The van der Waals surface area contributed by atoms with Crippen molar-refractivity contribution >= 4 is 21.6 Å². The van der Waals surface area contributed by atoms with Crippen LogP contribution in [0.5, 0.6) is 0 Å². The van der Waals surface area contributed by atoms with E-state index in [1.165, 1.54) is 17.7 Å². The fourth-order valence-electron chi connectivity index (χ4n) is 2.88. The van der Waals surface area contributed by atoms with Crippen molar-refractivity contribution in [1.29, 1.82) is 0 Å². The van der Waals surface area contributed by atoms with Crippen LogP contribution in [-0.4, -0.2) is 44.2 Å². The molecule has 1 unspecified atom stereocenters. The van der Waals surface area contributed by atoms with Gasteiger partial charge in [-0.3, -0.25) is 0 Å². The molecule has 0 spiro atoms. The van der Waals surface area contributed by atoms with E-state index in [9.17, 15) is 0 Å². The summed E-state index contributed by atoms with van der Waals surface area (Å²) in [4.78, 5) is 4.98. The molecule has 0 radical (unpaired) electrons. The first-order chi connectivity index (χ1) is 9.11. The van der Waals surface area contributed by atoms with Crippen molar-refractivity contribution in [1.82, 2.24) is 4.90 Å². The van der Waals surface area contributed by atoms with Gasteiger partial charge in [-0.1, -0.05) is 15.9 Å². The first kappa shape index (κ1) is 14.8. The van der Waals surface area contributed by atoms with Crippen molar-refractivity contribution in [3.05, 3.63) is 28.2 Å². The summed E-state index contributed by atoms with van der Waals surface area (Å²) in [5.74, 6) is 0. The van der Waals surface area contributed by atoms with Gasteiger partial charge in [-0.15, -0.1) is 0 Å². The van der Waals surface area contributed by atoms with Crippen molar-refractivity contribution in [2.75, 3.05) is 38.1 Å². The minimum atomic E-state index is 0.565. The summed E-state index contributed by atoms with van der Waals surface area (Å²) in [6, 6.07) is 7.12. The number of rotatable bonds is 3. The minimum absolute atomic E-state index is 0.565. The lowest BCUT2D eigenvalue weighted by atomic mass is 10.1. The molecule has 106 valence electrons. The molecule has 1 saturated heterocycles. The molecule has 2 rings (SSSR count). The molecule has 1 aliphatic heterocycles. The predicted octanol–water partition coefficient (Wildman–Crippen LogP) is 2.62. The largest absolute Gasteiger partial charge is 0.370 e. The van der Waals surface area contributed by atoms with E-state index in [1.54, 1.807) is 0 Å². The van der Waals surface area contributed by atoms with E-state index in [4.69, 9.17) is 5.73 Å². The van der Waals surface area contributed by atoms with Gasteiger partial charge in [0.1, 0.15) is 0 Å². The number of nitrogens with zero attached hydrogens (tertiary/aromatic N) is 2. The number of benzene rings is 1. The molecule has 1 aromatic carbocycles. The Morgan fingerprint density at radius 2 is 2.16 bits per heavy atom. The first-order valence-electron chi connectivity index (χ1n) is 7.03. The van der Waals surface area contributed by atoms with Crippen LogP contribution in [0.15, 0.2) is 22.7 Å². The van der Waals surface area contributed by atoms with Crippen molar-refractivity contribution < 1.29 is 0 Å². The van der Waals surface area contributed by atoms with Crippen molar-refractivity contribution in [2.24, 2.45) is 5.73 Å². The molecule has 19 heavy (non-hydrogen) atoms. The van der Waals surface area contributed by atoms with E-state index < -0.39 is 0 Å². The third-order valence-corrected chi connectivity index (χ3v) is 4.49. The summed E-state index contributed by atoms with van der Waals surface area (Å²) in [6.45, 7) is 6.33. The first-order valence-corrected chi connectivity index (χ1v) is 7.82. The van der Waals surface area contributed by atoms with E-state index in [2.05, 4.69) is 57.9 Å². The molecule has 0 aromatic heterocycles. The van der Waals surface area contributed by atoms with Crippen LogP contribution >= 0.6 is 15.9 Å². The molecule has 1 atom stereocenters.